The van der Waals surface area contributed by atoms with E-state index in [0.717, 1.165) is 0 Å². The fourth-order valence-corrected chi connectivity index (χ4v) is 0.774. The van der Waals surface area contributed by atoms with E-state index in [1.54, 1.807) is 12.1 Å². The van der Waals surface area contributed by atoms with Crippen molar-refractivity contribution in [2.75, 3.05) is 0 Å². The Hall–Kier alpha value is -2.37. The summed E-state index contributed by atoms with van der Waals surface area (Å²) in [5.41, 5.74) is 2.44. The fourth-order valence-electron chi connectivity index (χ4n) is 0.774. The third kappa shape index (κ3) is 3.47. The van der Waals surface area contributed by atoms with Gasteiger partial charge in [0.1, 0.15) is 5.75 Å². The molecule has 0 aliphatic heterocycles. The molecule has 6 nitrogen and oxygen atoms in total. The van der Waals surface area contributed by atoms with E-state index in [4.69, 9.17) is 10.2 Å². The van der Waals surface area contributed by atoms with Crippen LogP contribution in [-0.4, -0.2) is 28.3 Å². The number of nitrogens with zero attached hydrogens (tertiary/aromatic N) is 1. The number of nitrogens with one attached hydrogen (secondary N) is 1. The van der Waals surface area contributed by atoms with Gasteiger partial charge in [-0.3, -0.25) is 4.79 Å². The van der Waals surface area contributed by atoms with Crippen LogP contribution in [0.4, 0.5) is 0 Å². The molecule has 15 heavy (non-hydrogen) atoms. The number of rotatable bonds is 2. The maximum Gasteiger partial charge on any atom is 0.396 e. The molecule has 0 unspecified atom stereocenters. The van der Waals surface area contributed by atoms with Gasteiger partial charge in [0.25, 0.3) is 0 Å². The van der Waals surface area contributed by atoms with Crippen molar-refractivity contribution in [2.45, 2.75) is 0 Å². The van der Waals surface area contributed by atoms with Crippen molar-refractivity contribution in [1.82, 2.24) is 5.43 Å². The number of amides is 1. The lowest BCUT2D eigenvalue weighted by Gasteiger charge is -1.94. The van der Waals surface area contributed by atoms with E-state index < -0.39 is 11.9 Å². The number of hydrogen-bond donors (Lipinski definition) is 3. The van der Waals surface area contributed by atoms with E-state index in [9.17, 15) is 9.59 Å². The predicted octanol–water partition coefficient (Wildman–Crippen LogP) is -0.0731. The van der Waals surface area contributed by atoms with Crippen LogP contribution in [0.5, 0.6) is 5.75 Å². The van der Waals surface area contributed by atoms with Gasteiger partial charge in [0.05, 0.1) is 6.21 Å². The largest absolute Gasteiger partial charge is 0.508 e. The molecule has 1 amide bonds. The smallest absolute Gasteiger partial charge is 0.396 e. The van der Waals surface area contributed by atoms with Gasteiger partial charge in [0, 0.05) is 0 Å². The number of phenolic OH excluding ortho intramolecular Hbond substituents is 1. The lowest BCUT2D eigenvalue weighted by molar-refractivity contribution is -0.150. The number of benzene rings is 1. The molecule has 0 aromatic heterocycles. The molecule has 78 valence electrons. The second-order valence-electron chi connectivity index (χ2n) is 2.60. The summed E-state index contributed by atoms with van der Waals surface area (Å²) in [5.74, 6) is -2.69. The first-order valence-electron chi connectivity index (χ1n) is 3.95. The molecule has 1 aromatic carbocycles. The Morgan fingerprint density at radius 3 is 2.40 bits per heavy atom. The molecule has 1 rings (SSSR count). The summed E-state index contributed by atoms with van der Waals surface area (Å²) >= 11 is 0. The van der Waals surface area contributed by atoms with Crippen LogP contribution < -0.4 is 5.43 Å². The highest BCUT2D eigenvalue weighted by molar-refractivity contribution is 6.31. The maximum absolute atomic E-state index is 10.5. The standard InChI is InChI=1S/C9H8N2O4/c12-7-3-1-6(2-4-7)5-10-11-8(13)9(14)15/h1-5,12H,(H,11,13)(H,14,15). The van der Waals surface area contributed by atoms with Crippen LogP contribution in [-0.2, 0) is 9.59 Å². The van der Waals surface area contributed by atoms with E-state index in [-0.39, 0.29) is 5.75 Å². The molecule has 0 spiro atoms. The third-order valence-electron chi connectivity index (χ3n) is 1.47. The summed E-state index contributed by atoms with van der Waals surface area (Å²) in [6.07, 6.45) is 1.26. The van der Waals surface area contributed by atoms with E-state index in [1.165, 1.54) is 18.3 Å². The summed E-state index contributed by atoms with van der Waals surface area (Å²) in [5, 5.41) is 20.6. The number of carbonyl (C=O) groups is 2. The van der Waals surface area contributed by atoms with Gasteiger partial charge in [-0.25, -0.2) is 10.2 Å². The Morgan fingerprint density at radius 1 is 1.27 bits per heavy atom. The second kappa shape index (κ2) is 4.75. The highest BCUT2D eigenvalue weighted by Gasteiger charge is 2.07. The number of carboxylic acid groups (broad SMARTS) is 1. The summed E-state index contributed by atoms with van der Waals surface area (Å²) in [6, 6.07) is 6.01. The number of hydrogen-bond acceptors (Lipinski definition) is 4. The third-order valence-corrected chi connectivity index (χ3v) is 1.47. The summed E-state index contributed by atoms with van der Waals surface area (Å²) in [7, 11) is 0. The topological polar surface area (TPSA) is 99.0 Å². The van der Waals surface area contributed by atoms with Crippen molar-refractivity contribution in [3.05, 3.63) is 29.8 Å². The predicted molar refractivity (Wildman–Crippen MR) is 51.5 cm³/mol. The van der Waals surface area contributed by atoms with Crippen molar-refractivity contribution in [3.8, 4) is 5.75 Å². The van der Waals surface area contributed by atoms with Crippen LogP contribution >= 0.6 is 0 Å². The molecular formula is C9H8N2O4. The number of aromatic hydroxyl groups is 1. The number of carbonyl (C=O) groups excluding carboxylic acids is 1. The second-order valence-corrected chi connectivity index (χ2v) is 2.60. The number of phenols is 1. The molecule has 3 N–H and O–H groups in total. The summed E-state index contributed by atoms with van der Waals surface area (Å²) in [6.45, 7) is 0. The average molecular weight is 208 g/mol. The van der Waals surface area contributed by atoms with Crippen LogP contribution in [0.25, 0.3) is 0 Å². The van der Waals surface area contributed by atoms with Gasteiger partial charge in [0.15, 0.2) is 0 Å². The van der Waals surface area contributed by atoms with Gasteiger partial charge in [-0.05, 0) is 29.8 Å². The van der Waals surface area contributed by atoms with Crippen LogP contribution in [0.3, 0.4) is 0 Å². The zero-order valence-electron chi connectivity index (χ0n) is 7.54. The lowest BCUT2D eigenvalue weighted by atomic mass is 10.2. The minimum Gasteiger partial charge on any atom is -0.508 e. The van der Waals surface area contributed by atoms with Crippen LogP contribution in [0, 0.1) is 0 Å². The van der Waals surface area contributed by atoms with Gasteiger partial charge in [-0.15, -0.1) is 0 Å². The molecule has 6 heteroatoms. The molecule has 0 atom stereocenters. The van der Waals surface area contributed by atoms with Gasteiger partial charge in [-0.1, -0.05) is 0 Å². The molecule has 0 saturated heterocycles. The molecule has 0 heterocycles. The minimum atomic E-state index is -1.60. The van der Waals surface area contributed by atoms with Crippen LogP contribution in [0.1, 0.15) is 5.56 Å². The Bertz CT molecular complexity index is 397. The first-order valence-corrected chi connectivity index (χ1v) is 3.95. The Labute approximate surface area is 84.9 Å². The normalized spacial score (nSPS) is 10.1. The molecule has 0 radical (unpaired) electrons. The Balaban J connectivity index is 2.55. The first kappa shape index (κ1) is 10.7. The monoisotopic (exact) mass is 208 g/mol. The molecule has 0 aliphatic rings. The molecule has 1 aromatic rings. The molecule has 0 aliphatic carbocycles. The molecule has 0 saturated carbocycles. The fraction of sp³-hybridized carbons (Fsp3) is 0. The Kier molecular flexibility index (Phi) is 3.39. The summed E-state index contributed by atoms with van der Waals surface area (Å²) < 4.78 is 0. The van der Waals surface area contributed by atoms with Crippen molar-refractivity contribution in [2.24, 2.45) is 5.10 Å². The zero-order valence-corrected chi connectivity index (χ0v) is 7.54. The molecule has 0 fully saturated rings. The number of carboxylic acids is 1. The molecule has 0 bridgehead atoms. The van der Waals surface area contributed by atoms with E-state index in [1.807, 2.05) is 5.43 Å². The zero-order chi connectivity index (χ0) is 11.3. The van der Waals surface area contributed by atoms with Crippen LogP contribution in [0.2, 0.25) is 0 Å². The Morgan fingerprint density at radius 2 is 1.87 bits per heavy atom. The number of hydrazone groups is 1. The lowest BCUT2D eigenvalue weighted by Crippen LogP contribution is -2.26. The first-order chi connectivity index (χ1) is 7.09. The van der Waals surface area contributed by atoms with Crippen molar-refractivity contribution >= 4 is 18.1 Å². The SMILES string of the molecule is O=C(O)C(=O)NN=Cc1ccc(O)cc1. The van der Waals surface area contributed by atoms with E-state index in [0.29, 0.717) is 5.56 Å². The number of aliphatic carboxylic acids is 1. The van der Waals surface area contributed by atoms with Crippen LogP contribution in [0.15, 0.2) is 29.4 Å². The van der Waals surface area contributed by atoms with Gasteiger partial charge < -0.3 is 10.2 Å². The van der Waals surface area contributed by atoms with Crippen molar-refractivity contribution in [1.29, 1.82) is 0 Å². The van der Waals surface area contributed by atoms with E-state index >= 15 is 0 Å². The van der Waals surface area contributed by atoms with Gasteiger partial charge in [0.2, 0.25) is 0 Å². The highest BCUT2D eigenvalue weighted by Crippen LogP contribution is 2.07. The molecular weight excluding hydrogens is 200 g/mol. The van der Waals surface area contributed by atoms with E-state index in [2.05, 4.69) is 5.10 Å². The highest BCUT2D eigenvalue weighted by atomic mass is 16.4. The minimum absolute atomic E-state index is 0.113. The van der Waals surface area contributed by atoms with Gasteiger partial charge >= 0.3 is 11.9 Å². The van der Waals surface area contributed by atoms with Gasteiger partial charge in [-0.2, -0.15) is 5.10 Å². The summed E-state index contributed by atoms with van der Waals surface area (Å²) in [4.78, 5) is 20.6. The average Bonchev–Trinajstić information content (AvgIpc) is 2.20. The van der Waals surface area contributed by atoms with Crippen molar-refractivity contribution < 1.29 is 19.8 Å². The van der Waals surface area contributed by atoms with Crippen molar-refractivity contribution in [3.63, 3.8) is 0 Å². The maximum atomic E-state index is 10.5. The quantitative estimate of drug-likeness (QED) is 0.360.